The van der Waals surface area contributed by atoms with E-state index in [1.165, 1.54) is 72.8 Å². The lowest BCUT2D eigenvalue weighted by atomic mass is 9.63. The summed E-state index contributed by atoms with van der Waals surface area (Å²) in [4.78, 5) is 100. The number of esters is 8. The van der Waals surface area contributed by atoms with Gasteiger partial charge in [0.05, 0.1) is 49.9 Å². The van der Waals surface area contributed by atoms with Crippen LogP contribution in [0.4, 0.5) is 0 Å². The maximum Gasteiger partial charge on any atom is 0.346 e. The first-order valence-corrected chi connectivity index (χ1v) is 13.2. The Kier molecular flexibility index (Phi) is 5.07. The molecule has 8 rings (SSSR count). The van der Waals surface area contributed by atoms with Gasteiger partial charge in [0.2, 0.25) is 0 Å². The number of ether oxygens (including phenoxy) is 4. The Balaban J connectivity index is 1.52. The van der Waals surface area contributed by atoms with Crippen molar-refractivity contribution in [3.8, 4) is 0 Å². The molecule has 0 fully saturated rings. The van der Waals surface area contributed by atoms with Gasteiger partial charge in [-0.05, 0) is 70.8 Å². The van der Waals surface area contributed by atoms with Gasteiger partial charge in [-0.15, -0.1) is 0 Å². The van der Waals surface area contributed by atoms with Crippen LogP contribution in [-0.2, 0) is 24.4 Å². The Labute approximate surface area is 250 Å². The maximum atomic E-state index is 12.7. The van der Waals surface area contributed by atoms with Crippen molar-refractivity contribution in [3.05, 3.63) is 140 Å². The fourth-order valence-electron chi connectivity index (χ4n) is 6.27. The molecule has 12 nitrogen and oxygen atoms in total. The molecule has 0 atom stereocenters. The second kappa shape index (κ2) is 8.74. The van der Waals surface area contributed by atoms with E-state index in [1.807, 2.05) is 0 Å². The van der Waals surface area contributed by atoms with Gasteiger partial charge in [0, 0.05) is 0 Å². The van der Waals surface area contributed by atoms with E-state index in [0.717, 1.165) is 0 Å². The number of hydrogen-bond acceptors (Lipinski definition) is 12. The second-order valence-corrected chi connectivity index (χ2v) is 10.5. The van der Waals surface area contributed by atoms with Crippen LogP contribution in [0.3, 0.4) is 0 Å². The zero-order valence-electron chi connectivity index (χ0n) is 22.3. The molecule has 4 aliphatic rings. The highest BCUT2D eigenvalue weighted by molar-refractivity contribution is 6.17. The van der Waals surface area contributed by atoms with Crippen molar-refractivity contribution in [3.63, 3.8) is 0 Å². The molecule has 4 aromatic rings. The molecule has 4 aliphatic heterocycles. The summed E-state index contributed by atoms with van der Waals surface area (Å²) < 4.78 is 19.2. The summed E-state index contributed by atoms with van der Waals surface area (Å²) in [7, 11) is 0. The topological polar surface area (TPSA) is 173 Å². The Morgan fingerprint density at radius 3 is 0.711 bits per heavy atom. The van der Waals surface area contributed by atoms with Gasteiger partial charge in [0.15, 0.2) is 0 Å². The van der Waals surface area contributed by atoms with Gasteiger partial charge in [-0.3, -0.25) is 0 Å². The van der Waals surface area contributed by atoms with Gasteiger partial charge in [-0.1, -0.05) is 24.3 Å². The van der Waals surface area contributed by atoms with Crippen molar-refractivity contribution in [2.45, 2.75) is 5.41 Å². The molecule has 0 amide bonds. The third-order valence-corrected chi connectivity index (χ3v) is 8.31. The summed E-state index contributed by atoms with van der Waals surface area (Å²) in [5.74, 6) is -7.10. The van der Waals surface area contributed by atoms with Crippen LogP contribution in [-0.4, -0.2) is 47.8 Å². The van der Waals surface area contributed by atoms with Crippen molar-refractivity contribution in [2.75, 3.05) is 0 Å². The molecule has 0 aromatic heterocycles. The molecule has 12 heteroatoms. The number of carbonyl (C=O) groups is 8. The Bertz CT molecular complexity index is 1910. The first-order valence-electron chi connectivity index (χ1n) is 13.2. The lowest BCUT2D eigenvalue weighted by Gasteiger charge is -2.37. The number of hydrogen-bond donors (Lipinski definition) is 0. The predicted octanol–water partition coefficient (Wildman–Crippen LogP) is 3.31. The zero-order valence-corrected chi connectivity index (χ0v) is 22.3. The lowest BCUT2D eigenvalue weighted by molar-refractivity contribution is 0.0425. The van der Waals surface area contributed by atoms with Crippen LogP contribution in [0.5, 0.6) is 0 Å². The van der Waals surface area contributed by atoms with Crippen LogP contribution < -0.4 is 0 Å². The first-order chi connectivity index (χ1) is 21.6. The fraction of sp³-hybridized carbons (Fsp3) is 0.0303. The van der Waals surface area contributed by atoms with Crippen molar-refractivity contribution in [1.82, 2.24) is 0 Å². The van der Waals surface area contributed by atoms with Crippen molar-refractivity contribution in [1.29, 1.82) is 0 Å². The Morgan fingerprint density at radius 1 is 0.289 bits per heavy atom. The standard InChI is InChI=1S/C33H12O12/c34-25-17-5-1-13(9-21(17)29(38)42-25)33(14-2-6-18-22(10-14)30(39)43-26(18)35,15-3-7-19-23(11-15)31(40)44-27(19)36)16-4-8-20-24(12-16)32(41)45-28(20)37/h1-12H. The summed E-state index contributed by atoms with van der Waals surface area (Å²) in [5.41, 5.74) is -0.896. The number of rotatable bonds is 4. The van der Waals surface area contributed by atoms with E-state index in [-0.39, 0.29) is 66.8 Å². The highest BCUT2D eigenvalue weighted by atomic mass is 16.6. The Hall–Kier alpha value is -6.56. The predicted molar refractivity (Wildman–Crippen MR) is 144 cm³/mol. The van der Waals surface area contributed by atoms with Crippen LogP contribution in [0, 0.1) is 0 Å². The lowest BCUT2D eigenvalue weighted by Crippen LogP contribution is -2.32. The number of benzene rings is 4. The monoisotopic (exact) mass is 600 g/mol. The van der Waals surface area contributed by atoms with Crippen molar-refractivity contribution in [2.24, 2.45) is 0 Å². The van der Waals surface area contributed by atoms with E-state index in [1.54, 1.807) is 0 Å². The van der Waals surface area contributed by atoms with Crippen LogP contribution in [0.2, 0.25) is 0 Å². The smallest absolute Gasteiger partial charge is 0.346 e. The van der Waals surface area contributed by atoms with Gasteiger partial charge >= 0.3 is 47.8 Å². The van der Waals surface area contributed by atoms with Gasteiger partial charge in [-0.25, -0.2) is 38.4 Å². The third kappa shape index (κ3) is 3.41. The molecule has 4 heterocycles. The van der Waals surface area contributed by atoms with Gasteiger partial charge in [-0.2, -0.15) is 0 Å². The normalized spacial score (nSPS) is 16.2. The van der Waals surface area contributed by atoms with Crippen LogP contribution in [0.25, 0.3) is 0 Å². The minimum absolute atomic E-state index is 0.00738. The molecular formula is C33H12O12. The maximum absolute atomic E-state index is 12.7. The van der Waals surface area contributed by atoms with E-state index in [9.17, 15) is 38.4 Å². The van der Waals surface area contributed by atoms with E-state index in [0.29, 0.717) is 0 Å². The minimum Gasteiger partial charge on any atom is -0.386 e. The molecule has 0 saturated carbocycles. The van der Waals surface area contributed by atoms with Gasteiger partial charge in [0.25, 0.3) is 0 Å². The van der Waals surface area contributed by atoms with Gasteiger partial charge in [0.1, 0.15) is 0 Å². The number of carbonyl (C=O) groups excluding carboxylic acids is 8. The molecule has 0 radical (unpaired) electrons. The van der Waals surface area contributed by atoms with Crippen LogP contribution in [0.1, 0.15) is 105 Å². The SMILES string of the molecule is O=C1OC(=O)c2cc(C(c3ccc4c(c3)C(=O)OC4=O)(c3ccc4c(c3)C(=O)OC4=O)c3ccc4c(c3)C(=O)OC4=O)ccc21. The molecule has 4 aromatic carbocycles. The summed E-state index contributed by atoms with van der Waals surface area (Å²) in [6.07, 6.45) is 0. The molecule has 216 valence electrons. The molecule has 0 spiro atoms. The zero-order chi connectivity index (χ0) is 31.4. The summed E-state index contributed by atoms with van der Waals surface area (Å²) >= 11 is 0. The molecule has 0 bridgehead atoms. The Morgan fingerprint density at radius 2 is 0.489 bits per heavy atom. The highest BCUT2D eigenvalue weighted by Gasteiger charge is 2.45. The van der Waals surface area contributed by atoms with E-state index < -0.39 is 53.2 Å². The largest absolute Gasteiger partial charge is 0.386 e. The molecule has 0 N–H and O–H groups in total. The highest BCUT2D eigenvalue weighted by Crippen LogP contribution is 2.48. The van der Waals surface area contributed by atoms with Gasteiger partial charge < -0.3 is 18.9 Å². The quantitative estimate of drug-likeness (QED) is 0.145. The van der Waals surface area contributed by atoms with Crippen molar-refractivity contribution < 1.29 is 57.3 Å². The van der Waals surface area contributed by atoms with Crippen molar-refractivity contribution >= 4 is 47.8 Å². The summed E-state index contributed by atoms with van der Waals surface area (Å²) in [6.45, 7) is 0. The molecule has 0 saturated heterocycles. The summed E-state index contributed by atoms with van der Waals surface area (Å²) in [5, 5.41) is 0. The van der Waals surface area contributed by atoms with E-state index >= 15 is 0 Å². The van der Waals surface area contributed by atoms with Crippen LogP contribution >= 0.6 is 0 Å². The minimum atomic E-state index is -1.66. The van der Waals surface area contributed by atoms with E-state index in [4.69, 9.17) is 18.9 Å². The third-order valence-electron chi connectivity index (χ3n) is 8.31. The number of fused-ring (bicyclic) bond motifs is 4. The fourth-order valence-corrected chi connectivity index (χ4v) is 6.27. The van der Waals surface area contributed by atoms with Crippen LogP contribution in [0.15, 0.2) is 72.8 Å². The number of cyclic esters (lactones) is 8. The molecule has 0 aliphatic carbocycles. The molecule has 0 unspecified atom stereocenters. The van der Waals surface area contributed by atoms with E-state index in [2.05, 4.69) is 0 Å². The average molecular weight is 600 g/mol. The second-order valence-electron chi connectivity index (χ2n) is 10.5. The summed E-state index contributed by atoms with van der Waals surface area (Å²) in [6, 6.07) is 17.1. The molecule has 45 heavy (non-hydrogen) atoms. The molecular weight excluding hydrogens is 588 g/mol. The average Bonchev–Trinajstić information content (AvgIpc) is 3.69. The first kappa shape index (κ1) is 26.1.